The third-order valence-corrected chi connectivity index (χ3v) is 5.98. The van der Waals surface area contributed by atoms with Gasteiger partial charge in [-0.2, -0.15) is 0 Å². The van der Waals surface area contributed by atoms with Gasteiger partial charge in [-0.3, -0.25) is 4.79 Å². The Labute approximate surface area is 156 Å². The van der Waals surface area contributed by atoms with Gasteiger partial charge >= 0.3 is 0 Å². The summed E-state index contributed by atoms with van der Waals surface area (Å²) in [4.78, 5) is 17.4. The highest BCUT2D eigenvalue weighted by Crippen LogP contribution is 2.27. The van der Waals surface area contributed by atoms with Gasteiger partial charge in [0.2, 0.25) is 5.43 Å². The van der Waals surface area contributed by atoms with Crippen LogP contribution in [-0.2, 0) is 0 Å². The summed E-state index contributed by atoms with van der Waals surface area (Å²) in [6.07, 6.45) is 0. The van der Waals surface area contributed by atoms with Crippen LogP contribution in [0.15, 0.2) is 52.6 Å². The molecule has 128 valence electrons. The number of anilines is 2. The predicted molar refractivity (Wildman–Crippen MR) is 109 cm³/mol. The Morgan fingerprint density at radius 1 is 0.960 bits per heavy atom. The Hall–Kier alpha value is -2.04. The maximum atomic E-state index is 12.8. The molecule has 2 aromatic carbocycles. The van der Waals surface area contributed by atoms with Gasteiger partial charge in [-0.1, -0.05) is 29.8 Å². The minimum atomic E-state index is 0.140. The van der Waals surface area contributed by atoms with Crippen molar-refractivity contribution in [1.82, 2.24) is 0 Å². The summed E-state index contributed by atoms with van der Waals surface area (Å²) >= 11 is 7.80. The van der Waals surface area contributed by atoms with E-state index in [0.29, 0.717) is 0 Å². The smallest absolute Gasteiger partial charge is 0.211 e. The number of hydrogen-bond donors (Lipinski definition) is 0. The third kappa shape index (κ3) is 3.12. The van der Waals surface area contributed by atoms with Crippen LogP contribution in [0.4, 0.5) is 11.4 Å². The number of benzene rings is 2. The van der Waals surface area contributed by atoms with Crippen LogP contribution in [0, 0.1) is 6.92 Å². The van der Waals surface area contributed by atoms with Crippen LogP contribution in [-0.4, -0.2) is 26.2 Å². The fourth-order valence-corrected chi connectivity index (χ4v) is 4.50. The van der Waals surface area contributed by atoms with Crippen LogP contribution >= 0.6 is 22.9 Å². The fraction of sp³-hybridized carbons (Fsp3) is 0.250. The Bertz CT molecular complexity index is 977. The maximum absolute atomic E-state index is 12.8. The lowest BCUT2D eigenvalue weighted by Gasteiger charge is -2.37. The molecule has 1 aromatic heterocycles. The standard InChI is InChI=1S/C20H19ClN2OS/c1-14-6-7-15(21)12-17(14)22-8-10-23(11-9-22)18-13-25-19-5-3-2-4-16(19)20(18)24/h2-7,12-13H,8-11H2,1H3. The van der Waals surface area contributed by atoms with E-state index in [-0.39, 0.29) is 5.43 Å². The van der Waals surface area contributed by atoms with Gasteiger partial charge in [0.25, 0.3) is 0 Å². The predicted octanol–water partition coefficient (Wildman–Crippen LogP) is 4.55. The van der Waals surface area contributed by atoms with E-state index in [1.54, 1.807) is 11.3 Å². The molecule has 0 radical (unpaired) electrons. The zero-order valence-corrected chi connectivity index (χ0v) is 15.6. The van der Waals surface area contributed by atoms with E-state index in [4.69, 9.17) is 11.6 Å². The van der Waals surface area contributed by atoms with E-state index >= 15 is 0 Å². The molecule has 3 nitrogen and oxygen atoms in total. The van der Waals surface area contributed by atoms with Gasteiger partial charge in [-0.25, -0.2) is 0 Å². The summed E-state index contributed by atoms with van der Waals surface area (Å²) in [5.41, 5.74) is 3.39. The maximum Gasteiger partial charge on any atom is 0.211 e. The quantitative estimate of drug-likeness (QED) is 0.661. The molecule has 0 aliphatic carbocycles. The first-order valence-corrected chi connectivity index (χ1v) is 9.66. The van der Waals surface area contributed by atoms with E-state index in [1.807, 2.05) is 41.8 Å². The number of aryl methyl sites for hydroxylation is 1. The van der Waals surface area contributed by atoms with Crippen LogP contribution in [0.5, 0.6) is 0 Å². The fourth-order valence-electron chi connectivity index (χ4n) is 3.40. The molecule has 1 fully saturated rings. The first-order valence-electron chi connectivity index (χ1n) is 8.40. The normalized spacial score (nSPS) is 15.0. The number of fused-ring (bicyclic) bond motifs is 1. The SMILES string of the molecule is Cc1ccc(Cl)cc1N1CCN(c2csc3ccccc3c2=O)CC1. The van der Waals surface area contributed by atoms with E-state index in [9.17, 15) is 4.79 Å². The average Bonchev–Trinajstić information content (AvgIpc) is 2.65. The molecule has 0 saturated carbocycles. The number of rotatable bonds is 2. The second-order valence-corrected chi connectivity index (χ2v) is 7.70. The summed E-state index contributed by atoms with van der Waals surface area (Å²) in [6, 6.07) is 13.9. The van der Waals surface area contributed by atoms with Crippen molar-refractivity contribution >= 4 is 44.4 Å². The number of nitrogens with zero attached hydrogens (tertiary/aromatic N) is 2. The molecule has 4 rings (SSSR count). The lowest BCUT2D eigenvalue weighted by Crippen LogP contribution is -2.48. The van der Waals surface area contributed by atoms with Crippen molar-refractivity contribution in [2.24, 2.45) is 0 Å². The molecule has 0 N–H and O–H groups in total. The summed E-state index contributed by atoms with van der Waals surface area (Å²) in [6.45, 7) is 5.56. The van der Waals surface area contributed by atoms with Gasteiger partial charge in [-0.05, 0) is 36.8 Å². The Kier molecular flexibility index (Phi) is 4.40. The summed E-state index contributed by atoms with van der Waals surface area (Å²) in [5.74, 6) is 0. The van der Waals surface area contributed by atoms with Gasteiger partial charge in [0.1, 0.15) is 0 Å². The van der Waals surface area contributed by atoms with Crippen LogP contribution in [0.2, 0.25) is 5.02 Å². The van der Waals surface area contributed by atoms with Crippen LogP contribution < -0.4 is 15.2 Å². The van der Waals surface area contributed by atoms with Gasteiger partial charge in [0, 0.05) is 52.4 Å². The number of piperazine rings is 1. The molecule has 1 aliphatic heterocycles. The highest BCUT2D eigenvalue weighted by atomic mass is 35.5. The largest absolute Gasteiger partial charge is 0.368 e. The molecule has 0 spiro atoms. The first kappa shape index (κ1) is 16.4. The Balaban J connectivity index is 1.57. The topological polar surface area (TPSA) is 23.6 Å². The second kappa shape index (κ2) is 6.70. The first-order chi connectivity index (χ1) is 12.1. The highest BCUT2D eigenvalue weighted by Gasteiger charge is 2.21. The molecule has 0 amide bonds. The zero-order valence-electron chi connectivity index (χ0n) is 14.0. The third-order valence-electron chi connectivity index (χ3n) is 4.79. The Morgan fingerprint density at radius 2 is 1.64 bits per heavy atom. The molecule has 25 heavy (non-hydrogen) atoms. The minimum Gasteiger partial charge on any atom is -0.368 e. The van der Waals surface area contributed by atoms with Crippen molar-refractivity contribution in [3.8, 4) is 0 Å². The molecule has 0 bridgehead atoms. The van der Waals surface area contributed by atoms with Gasteiger partial charge in [0.15, 0.2) is 0 Å². The van der Waals surface area contributed by atoms with Crippen molar-refractivity contribution in [2.45, 2.75) is 6.92 Å². The highest BCUT2D eigenvalue weighted by molar-refractivity contribution is 7.16. The van der Waals surface area contributed by atoms with Gasteiger partial charge in [0.05, 0.1) is 5.69 Å². The monoisotopic (exact) mass is 370 g/mol. The van der Waals surface area contributed by atoms with E-state index < -0.39 is 0 Å². The molecule has 0 unspecified atom stereocenters. The minimum absolute atomic E-state index is 0.140. The van der Waals surface area contributed by atoms with Crippen molar-refractivity contribution in [3.63, 3.8) is 0 Å². The van der Waals surface area contributed by atoms with Gasteiger partial charge in [-0.15, -0.1) is 11.3 Å². The van der Waals surface area contributed by atoms with Crippen molar-refractivity contribution in [3.05, 3.63) is 68.7 Å². The summed E-state index contributed by atoms with van der Waals surface area (Å²) in [5, 5.41) is 3.59. The molecule has 2 heterocycles. The zero-order chi connectivity index (χ0) is 17.4. The molecule has 0 atom stereocenters. The van der Waals surface area contributed by atoms with Gasteiger partial charge < -0.3 is 9.80 Å². The van der Waals surface area contributed by atoms with E-state index in [1.165, 1.54) is 11.3 Å². The Morgan fingerprint density at radius 3 is 2.40 bits per heavy atom. The molecule has 3 aromatic rings. The van der Waals surface area contributed by atoms with Crippen LogP contribution in [0.25, 0.3) is 10.1 Å². The molecule has 1 aliphatic rings. The lowest BCUT2D eigenvalue weighted by atomic mass is 10.1. The van der Waals surface area contributed by atoms with Crippen LogP contribution in [0.3, 0.4) is 0 Å². The summed E-state index contributed by atoms with van der Waals surface area (Å²) < 4.78 is 1.05. The molecule has 1 saturated heterocycles. The summed E-state index contributed by atoms with van der Waals surface area (Å²) in [7, 11) is 0. The molecular weight excluding hydrogens is 352 g/mol. The van der Waals surface area contributed by atoms with Crippen molar-refractivity contribution < 1.29 is 0 Å². The van der Waals surface area contributed by atoms with Crippen LogP contribution in [0.1, 0.15) is 5.56 Å². The number of halogens is 1. The second-order valence-electron chi connectivity index (χ2n) is 6.35. The van der Waals surface area contributed by atoms with E-state index in [0.717, 1.165) is 47.0 Å². The lowest BCUT2D eigenvalue weighted by molar-refractivity contribution is 0.652. The van der Waals surface area contributed by atoms with Crippen molar-refractivity contribution in [2.75, 3.05) is 36.0 Å². The average molecular weight is 371 g/mol. The molecular formula is C20H19ClN2OS. The van der Waals surface area contributed by atoms with Crippen molar-refractivity contribution in [1.29, 1.82) is 0 Å². The number of hydrogen-bond acceptors (Lipinski definition) is 4. The van der Waals surface area contributed by atoms with E-state index in [2.05, 4.69) is 22.8 Å². The molecule has 5 heteroatoms.